The van der Waals surface area contributed by atoms with Crippen molar-refractivity contribution in [2.45, 2.75) is 20.4 Å². The summed E-state index contributed by atoms with van der Waals surface area (Å²) in [4.78, 5) is 39.4. The minimum Gasteiger partial charge on any atom is -0.497 e. The summed E-state index contributed by atoms with van der Waals surface area (Å²) in [5, 5.41) is 5.84. The number of amides is 3. The van der Waals surface area contributed by atoms with E-state index in [9.17, 15) is 14.4 Å². The van der Waals surface area contributed by atoms with Gasteiger partial charge in [-0.25, -0.2) is 0 Å². The Morgan fingerprint density at radius 3 is 2.06 bits per heavy atom. The largest absolute Gasteiger partial charge is 0.497 e. The first kappa shape index (κ1) is 22.8. The van der Waals surface area contributed by atoms with E-state index in [0.29, 0.717) is 28.3 Å². The van der Waals surface area contributed by atoms with Gasteiger partial charge in [-0.05, 0) is 54.4 Å². The quantitative estimate of drug-likeness (QED) is 0.517. The minimum atomic E-state index is -0.401. The average molecular weight is 456 g/mol. The summed E-state index contributed by atoms with van der Waals surface area (Å²) in [5.74, 6) is -0.230. The molecular formula is C27H25N3O4. The molecule has 0 saturated carbocycles. The third-order valence-electron chi connectivity index (χ3n) is 5.48. The Hall–Kier alpha value is -4.39. The average Bonchev–Trinajstić information content (AvgIpc) is 3.05. The van der Waals surface area contributed by atoms with Crippen molar-refractivity contribution in [3.8, 4) is 5.75 Å². The fourth-order valence-corrected chi connectivity index (χ4v) is 3.72. The zero-order valence-electron chi connectivity index (χ0n) is 19.2. The zero-order valence-corrected chi connectivity index (χ0v) is 19.2. The third-order valence-corrected chi connectivity index (χ3v) is 5.48. The Morgan fingerprint density at radius 2 is 1.47 bits per heavy atom. The van der Waals surface area contributed by atoms with Gasteiger partial charge in [0.2, 0.25) is 5.91 Å². The first-order valence-electron chi connectivity index (χ1n) is 10.8. The van der Waals surface area contributed by atoms with Gasteiger partial charge in [-0.2, -0.15) is 0 Å². The van der Waals surface area contributed by atoms with Gasteiger partial charge in [-0.3, -0.25) is 19.3 Å². The molecule has 1 aliphatic heterocycles. The fourth-order valence-electron chi connectivity index (χ4n) is 3.72. The van der Waals surface area contributed by atoms with E-state index in [4.69, 9.17) is 4.74 Å². The number of aryl methyl sites for hydroxylation is 1. The second-order valence-corrected chi connectivity index (χ2v) is 8.04. The van der Waals surface area contributed by atoms with Crippen LogP contribution in [0.1, 0.15) is 23.6 Å². The van der Waals surface area contributed by atoms with Crippen molar-refractivity contribution in [2.75, 3.05) is 17.7 Å². The molecule has 0 spiro atoms. The lowest BCUT2D eigenvalue weighted by molar-refractivity contribution is -0.137. The summed E-state index contributed by atoms with van der Waals surface area (Å²) < 4.78 is 5.19. The summed E-state index contributed by atoms with van der Waals surface area (Å²) in [6.07, 6.45) is 0. The highest BCUT2D eigenvalue weighted by Gasteiger charge is 2.39. The zero-order chi connectivity index (χ0) is 24.2. The molecule has 0 saturated heterocycles. The van der Waals surface area contributed by atoms with E-state index in [2.05, 4.69) is 10.6 Å². The van der Waals surface area contributed by atoms with E-state index < -0.39 is 5.91 Å². The molecule has 4 rings (SSSR count). The maximum Gasteiger partial charge on any atom is 0.278 e. The Balaban J connectivity index is 1.66. The van der Waals surface area contributed by atoms with Crippen LogP contribution < -0.4 is 15.4 Å². The van der Waals surface area contributed by atoms with Crippen molar-refractivity contribution in [1.82, 2.24) is 4.90 Å². The number of imide groups is 1. The maximum atomic E-state index is 13.4. The lowest BCUT2D eigenvalue weighted by Crippen LogP contribution is -2.32. The molecule has 0 aliphatic carbocycles. The van der Waals surface area contributed by atoms with Crippen LogP contribution in [0.3, 0.4) is 0 Å². The second kappa shape index (κ2) is 9.62. The van der Waals surface area contributed by atoms with Crippen molar-refractivity contribution >= 4 is 34.7 Å². The van der Waals surface area contributed by atoms with Crippen LogP contribution in [0.5, 0.6) is 5.75 Å². The van der Waals surface area contributed by atoms with Gasteiger partial charge in [0, 0.05) is 18.3 Å². The molecule has 34 heavy (non-hydrogen) atoms. The number of nitrogens with one attached hydrogen (secondary N) is 2. The molecule has 0 aromatic heterocycles. The van der Waals surface area contributed by atoms with Crippen LogP contribution >= 0.6 is 0 Å². The van der Waals surface area contributed by atoms with Crippen LogP contribution in [-0.4, -0.2) is 29.7 Å². The van der Waals surface area contributed by atoms with Crippen LogP contribution in [0.4, 0.5) is 11.4 Å². The van der Waals surface area contributed by atoms with Gasteiger partial charge in [0.15, 0.2) is 0 Å². The molecule has 3 amide bonds. The van der Waals surface area contributed by atoms with Crippen molar-refractivity contribution in [2.24, 2.45) is 0 Å². The van der Waals surface area contributed by atoms with Gasteiger partial charge < -0.3 is 15.4 Å². The molecule has 2 N–H and O–H groups in total. The molecule has 0 unspecified atom stereocenters. The molecular weight excluding hydrogens is 430 g/mol. The number of rotatable bonds is 7. The molecule has 1 aliphatic rings. The van der Waals surface area contributed by atoms with Gasteiger partial charge in [0.25, 0.3) is 11.8 Å². The van der Waals surface area contributed by atoms with E-state index in [1.165, 1.54) is 11.8 Å². The molecule has 1 heterocycles. The molecule has 3 aromatic rings. The van der Waals surface area contributed by atoms with Gasteiger partial charge in [0.1, 0.15) is 11.4 Å². The number of hydrogen-bond donors (Lipinski definition) is 2. The normalized spacial score (nSPS) is 13.3. The number of carbonyl (C=O) groups is 3. The molecule has 3 aromatic carbocycles. The Labute approximate surface area is 198 Å². The highest BCUT2D eigenvalue weighted by Crippen LogP contribution is 2.32. The Bertz CT molecular complexity index is 1260. The number of methoxy groups -OCH3 is 1. The third kappa shape index (κ3) is 4.83. The number of nitrogens with zero attached hydrogens (tertiary/aromatic N) is 1. The molecule has 7 nitrogen and oxygen atoms in total. The second-order valence-electron chi connectivity index (χ2n) is 8.04. The molecule has 0 bridgehead atoms. The SMILES string of the molecule is COc1ccc(CN2C(=O)C(Nc3ccc(NC(C)=O)cc3)=C(c3ccc(C)cc3)C2=O)cc1. The summed E-state index contributed by atoms with van der Waals surface area (Å²) in [6, 6.07) is 21.7. The number of carbonyl (C=O) groups excluding carboxylic acids is 3. The lowest BCUT2D eigenvalue weighted by Gasteiger charge is -2.16. The van der Waals surface area contributed by atoms with E-state index in [-0.39, 0.29) is 24.1 Å². The fraction of sp³-hybridized carbons (Fsp3) is 0.148. The molecule has 0 fully saturated rings. The van der Waals surface area contributed by atoms with Crippen LogP contribution in [0, 0.1) is 6.92 Å². The molecule has 0 radical (unpaired) electrons. The standard InChI is InChI=1S/C27H25N3O4/c1-17-4-8-20(9-5-17)24-25(29-22-12-10-21(11-13-22)28-18(2)31)27(33)30(26(24)32)16-19-6-14-23(34-3)15-7-19/h4-15,29H,16H2,1-3H3,(H,28,31). The molecule has 0 atom stereocenters. The van der Waals surface area contributed by atoms with Crippen LogP contribution in [0.15, 0.2) is 78.5 Å². The van der Waals surface area contributed by atoms with E-state index in [1.54, 1.807) is 43.5 Å². The van der Waals surface area contributed by atoms with Crippen LogP contribution in [0.25, 0.3) is 5.57 Å². The Morgan fingerprint density at radius 1 is 0.853 bits per heavy atom. The van der Waals surface area contributed by atoms with Crippen LogP contribution in [-0.2, 0) is 20.9 Å². The summed E-state index contributed by atoms with van der Waals surface area (Å²) in [5.41, 5.74) is 4.34. The van der Waals surface area contributed by atoms with Crippen molar-refractivity contribution < 1.29 is 19.1 Å². The van der Waals surface area contributed by atoms with E-state index in [1.807, 2.05) is 43.3 Å². The number of hydrogen-bond acceptors (Lipinski definition) is 5. The summed E-state index contributed by atoms with van der Waals surface area (Å²) in [6.45, 7) is 3.54. The summed E-state index contributed by atoms with van der Waals surface area (Å²) in [7, 11) is 1.58. The van der Waals surface area contributed by atoms with Crippen molar-refractivity contribution in [3.63, 3.8) is 0 Å². The van der Waals surface area contributed by atoms with Gasteiger partial charge in [-0.15, -0.1) is 0 Å². The van der Waals surface area contributed by atoms with Gasteiger partial charge >= 0.3 is 0 Å². The minimum absolute atomic E-state index is 0.143. The topological polar surface area (TPSA) is 87.7 Å². The van der Waals surface area contributed by atoms with Crippen molar-refractivity contribution in [3.05, 3.63) is 95.2 Å². The van der Waals surface area contributed by atoms with E-state index >= 15 is 0 Å². The number of benzene rings is 3. The predicted molar refractivity (Wildman–Crippen MR) is 131 cm³/mol. The highest BCUT2D eigenvalue weighted by molar-refractivity contribution is 6.36. The first-order chi connectivity index (χ1) is 16.4. The van der Waals surface area contributed by atoms with E-state index in [0.717, 1.165) is 11.1 Å². The highest BCUT2D eigenvalue weighted by atomic mass is 16.5. The molecule has 7 heteroatoms. The number of anilines is 2. The number of ether oxygens (including phenoxy) is 1. The van der Waals surface area contributed by atoms with Crippen LogP contribution in [0.2, 0.25) is 0 Å². The van der Waals surface area contributed by atoms with Gasteiger partial charge in [-0.1, -0.05) is 42.0 Å². The molecule has 172 valence electrons. The van der Waals surface area contributed by atoms with Gasteiger partial charge in [0.05, 0.1) is 19.2 Å². The lowest BCUT2D eigenvalue weighted by atomic mass is 10.0. The summed E-state index contributed by atoms with van der Waals surface area (Å²) >= 11 is 0. The maximum absolute atomic E-state index is 13.4. The monoisotopic (exact) mass is 455 g/mol. The smallest absolute Gasteiger partial charge is 0.278 e. The predicted octanol–water partition coefficient (Wildman–Crippen LogP) is 4.35. The van der Waals surface area contributed by atoms with Crippen molar-refractivity contribution in [1.29, 1.82) is 0 Å². The first-order valence-corrected chi connectivity index (χ1v) is 10.8. The Kier molecular flexibility index (Phi) is 6.45.